The lowest BCUT2D eigenvalue weighted by Gasteiger charge is -2.10. The molecule has 1 heterocycles. The minimum Gasteiger partial charge on any atom is -0.339 e. The van der Waals surface area contributed by atoms with Gasteiger partial charge in [0.1, 0.15) is 0 Å². The van der Waals surface area contributed by atoms with E-state index in [-0.39, 0.29) is 11.1 Å². The Morgan fingerprint density at radius 3 is 2.80 bits per heavy atom. The van der Waals surface area contributed by atoms with Gasteiger partial charge in [0, 0.05) is 24.6 Å². The Kier molecular flexibility index (Phi) is 4.30. The molecule has 0 spiro atoms. The van der Waals surface area contributed by atoms with Gasteiger partial charge in [-0.2, -0.15) is 0 Å². The van der Waals surface area contributed by atoms with Crippen LogP contribution in [0.25, 0.3) is 0 Å². The summed E-state index contributed by atoms with van der Waals surface area (Å²) in [6, 6.07) is -0.101. The molecule has 0 bridgehead atoms. The molecule has 0 fully saturated rings. The van der Waals surface area contributed by atoms with Crippen molar-refractivity contribution in [2.24, 2.45) is 7.05 Å². The standard InChI is InChI=1S/C8H14BrN3O2S/c1-7(3-4-9)11-15(13,14)8-5-12(2)6-10-8/h5-7,11H,3-4H2,1-2H3. The van der Waals surface area contributed by atoms with Gasteiger partial charge in [-0.15, -0.1) is 0 Å². The molecule has 1 aromatic rings. The smallest absolute Gasteiger partial charge is 0.259 e. The van der Waals surface area contributed by atoms with Crippen molar-refractivity contribution in [3.8, 4) is 0 Å². The largest absolute Gasteiger partial charge is 0.339 e. The molecule has 1 aromatic heterocycles. The third kappa shape index (κ3) is 3.58. The molecule has 1 unspecified atom stereocenters. The number of aryl methyl sites for hydroxylation is 1. The van der Waals surface area contributed by atoms with Gasteiger partial charge in [0.05, 0.1) is 6.33 Å². The van der Waals surface area contributed by atoms with Crippen LogP contribution in [0.15, 0.2) is 17.6 Å². The second kappa shape index (κ2) is 5.09. The van der Waals surface area contributed by atoms with E-state index >= 15 is 0 Å². The van der Waals surface area contributed by atoms with Gasteiger partial charge in [0.2, 0.25) is 0 Å². The summed E-state index contributed by atoms with van der Waals surface area (Å²) in [6.45, 7) is 1.82. The second-order valence-electron chi connectivity index (χ2n) is 3.38. The van der Waals surface area contributed by atoms with Crippen LogP contribution in [0.1, 0.15) is 13.3 Å². The summed E-state index contributed by atoms with van der Waals surface area (Å²) in [4.78, 5) is 3.80. The summed E-state index contributed by atoms with van der Waals surface area (Å²) >= 11 is 3.26. The third-order valence-electron chi connectivity index (χ3n) is 1.85. The normalized spacial score (nSPS) is 14.1. The summed E-state index contributed by atoms with van der Waals surface area (Å²) in [5, 5.41) is 0.824. The summed E-state index contributed by atoms with van der Waals surface area (Å²) in [6.07, 6.45) is 3.68. The summed E-state index contributed by atoms with van der Waals surface area (Å²) in [5.41, 5.74) is 0. The zero-order valence-corrected chi connectivity index (χ0v) is 11.0. The van der Waals surface area contributed by atoms with Crippen LogP contribution in [0, 0.1) is 0 Å². The third-order valence-corrected chi connectivity index (χ3v) is 3.79. The molecule has 1 N–H and O–H groups in total. The quantitative estimate of drug-likeness (QED) is 0.820. The van der Waals surface area contributed by atoms with Crippen molar-refractivity contribution in [1.29, 1.82) is 0 Å². The molecule has 0 radical (unpaired) electrons. The molecule has 7 heteroatoms. The van der Waals surface area contributed by atoms with Crippen LogP contribution >= 0.6 is 15.9 Å². The molecule has 0 saturated carbocycles. The SMILES string of the molecule is CC(CCBr)NS(=O)(=O)c1cn(C)cn1. The van der Waals surface area contributed by atoms with Gasteiger partial charge >= 0.3 is 0 Å². The van der Waals surface area contributed by atoms with Crippen LogP contribution < -0.4 is 4.72 Å². The Labute approximate surface area is 98.1 Å². The Bertz CT molecular complexity index is 415. The highest BCUT2D eigenvalue weighted by Gasteiger charge is 2.19. The van der Waals surface area contributed by atoms with E-state index in [2.05, 4.69) is 25.6 Å². The van der Waals surface area contributed by atoms with Crippen LogP contribution in [-0.4, -0.2) is 29.3 Å². The predicted octanol–water partition coefficient (Wildman–Crippen LogP) is 0.872. The average Bonchev–Trinajstić information content (AvgIpc) is 2.51. The maximum atomic E-state index is 11.7. The summed E-state index contributed by atoms with van der Waals surface area (Å²) in [7, 11) is -1.73. The number of hydrogen-bond donors (Lipinski definition) is 1. The first-order valence-corrected chi connectivity index (χ1v) is 7.12. The van der Waals surface area contributed by atoms with Crippen molar-refractivity contribution < 1.29 is 8.42 Å². The van der Waals surface area contributed by atoms with Gasteiger partial charge in [-0.3, -0.25) is 0 Å². The molecular formula is C8H14BrN3O2S. The Balaban J connectivity index is 2.76. The molecule has 0 aliphatic heterocycles. The van der Waals surface area contributed by atoms with Crippen molar-refractivity contribution in [2.75, 3.05) is 5.33 Å². The first kappa shape index (κ1) is 12.7. The topological polar surface area (TPSA) is 64.0 Å². The Hall–Kier alpha value is -0.400. The Morgan fingerprint density at radius 1 is 1.67 bits per heavy atom. The van der Waals surface area contributed by atoms with E-state index < -0.39 is 10.0 Å². The van der Waals surface area contributed by atoms with E-state index in [4.69, 9.17) is 0 Å². The number of imidazole rings is 1. The van der Waals surface area contributed by atoms with Gasteiger partial charge in [-0.25, -0.2) is 18.1 Å². The molecule has 0 saturated heterocycles. The van der Waals surface area contributed by atoms with Gasteiger partial charge < -0.3 is 4.57 Å². The molecule has 5 nitrogen and oxygen atoms in total. The van der Waals surface area contributed by atoms with E-state index in [1.165, 1.54) is 12.5 Å². The van der Waals surface area contributed by atoms with Crippen LogP contribution in [0.3, 0.4) is 0 Å². The Morgan fingerprint density at radius 2 is 2.33 bits per heavy atom. The maximum Gasteiger partial charge on any atom is 0.259 e. The molecular weight excluding hydrogens is 282 g/mol. The van der Waals surface area contributed by atoms with Crippen LogP contribution in [0.4, 0.5) is 0 Å². The van der Waals surface area contributed by atoms with E-state index in [9.17, 15) is 8.42 Å². The van der Waals surface area contributed by atoms with Crippen LogP contribution in [0.2, 0.25) is 0 Å². The minimum absolute atomic E-state index is 0.0615. The van der Waals surface area contributed by atoms with Gasteiger partial charge in [-0.1, -0.05) is 15.9 Å². The molecule has 0 amide bonds. The van der Waals surface area contributed by atoms with Crippen molar-refractivity contribution in [2.45, 2.75) is 24.4 Å². The molecule has 0 aliphatic rings. The van der Waals surface area contributed by atoms with Crippen LogP contribution in [0.5, 0.6) is 0 Å². The average molecular weight is 296 g/mol. The summed E-state index contributed by atoms with van der Waals surface area (Å²) < 4.78 is 27.6. The number of halogens is 1. The zero-order chi connectivity index (χ0) is 11.5. The monoisotopic (exact) mass is 295 g/mol. The van der Waals surface area contributed by atoms with E-state index in [1.54, 1.807) is 11.6 Å². The fourth-order valence-corrected chi connectivity index (χ4v) is 3.02. The van der Waals surface area contributed by atoms with E-state index in [0.717, 1.165) is 11.8 Å². The maximum absolute atomic E-state index is 11.7. The number of rotatable bonds is 5. The molecule has 86 valence electrons. The number of nitrogens with zero attached hydrogens (tertiary/aromatic N) is 2. The van der Waals surface area contributed by atoms with E-state index in [1.807, 2.05) is 6.92 Å². The number of sulfonamides is 1. The van der Waals surface area contributed by atoms with Crippen molar-refractivity contribution in [3.05, 3.63) is 12.5 Å². The van der Waals surface area contributed by atoms with Gasteiger partial charge in [0.15, 0.2) is 5.03 Å². The first-order valence-electron chi connectivity index (χ1n) is 4.52. The number of hydrogen-bond acceptors (Lipinski definition) is 3. The minimum atomic E-state index is -3.46. The van der Waals surface area contributed by atoms with Crippen molar-refractivity contribution in [3.63, 3.8) is 0 Å². The van der Waals surface area contributed by atoms with Gasteiger partial charge in [-0.05, 0) is 13.3 Å². The van der Waals surface area contributed by atoms with E-state index in [0.29, 0.717) is 0 Å². The highest BCUT2D eigenvalue weighted by Crippen LogP contribution is 2.06. The lowest BCUT2D eigenvalue weighted by Crippen LogP contribution is -2.33. The summed E-state index contributed by atoms with van der Waals surface area (Å²) in [5.74, 6) is 0. The molecule has 15 heavy (non-hydrogen) atoms. The molecule has 1 atom stereocenters. The lowest BCUT2D eigenvalue weighted by molar-refractivity contribution is 0.554. The first-order chi connectivity index (χ1) is 6.95. The van der Waals surface area contributed by atoms with Crippen molar-refractivity contribution >= 4 is 26.0 Å². The number of alkyl halides is 1. The molecule has 0 aliphatic carbocycles. The molecule has 1 rings (SSSR count). The highest BCUT2D eigenvalue weighted by atomic mass is 79.9. The van der Waals surface area contributed by atoms with Crippen LogP contribution in [-0.2, 0) is 17.1 Å². The fraction of sp³-hybridized carbons (Fsp3) is 0.625. The highest BCUT2D eigenvalue weighted by molar-refractivity contribution is 9.09. The van der Waals surface area contributed by atoms with Crippen molar-refractivity contribution in [1.82, 2.24) is 14.3 Å². The number of nitrogens with one attached hydrogen (secondary N) is 1. The zero-order valence-electron chi connectivity index (χ0n) is 8.64. The predicted molar refractivity (Wildman–Crippen MR) is 61.4 cm³/mol. The fourth-order valence-electron chi connectivity index (χ4n) is 1.08. The molecule has 0 aromatic carbocycles. The second-order valence-corrected chi connectivity index (χ2v) is 5.83. The lowest BCUT2D eigenvalue weighted by atomic mass is 10.3. The van der Waals surface area contributed by atoms with Gasteiger partial charge in [0.25, 0.3) is 10.0 Å². The number of aromatic nitrogens is 2.